The third-order valence-corrected chi connectivity index (χ3v) is 8.76. The number of ether oxygens (including phenoxy) is 2. The Morgan fingerprint density at radius 2 is 1.80 bits per heavy atom. The number of aliphatic hydroxyl groups excluding tert-OH is 1. The van der Waals surface area contributed by atoms with E-state index in [0.29, 0.717) is 19.6 Å². The van der Waals surface area contributed by atoms with Gasteiger partial charge in [0.05, 0.1) is 36.8 Å². The summed E-state index contributed by atoms with van der Waals surface area (Å²) >= 11 is 0. The standard InChI is InChI=1S/C33H50F3N3O6/c1-22-19-39(23(2)21-40)32(43)27-18-26(37-30(41)15-16-33(34,35)36)13-14-28(27)45-24(3)10-8-9-17-44-29(22)20-38(4)31(42)25-11-6-5-7-12-25/h13-14,18,22-25,29,40H,5-12,15-17,19-21H2,1-4H3,(H,37,41)/t22-,23-,24-,29+/m0/s1. The van der Waals surface area contributed by atoms with Gasteiger partial charge in [0.2, 0.25) is 11.8 Å². The monoisotopic (exact) mass is 641 g/mol. The zero-order valence-corrected chi connectivity index (χ0v) is 27.0. The third kappa shape index (κ3) is 11.5. The number of fused-ring (bicyclic) bond motifs is 1. The molecule has 1 fully saturated rings. The molecule has 4 atom stereocenters. The SMILES string of the molecule is C[C@H]1CCCCO[C@H](CN(C)C(=O)C2CCCCC2)[C@@H](C)CN([C@@H](C)CO)C(=O)c2cc(NC(=O)CCC(F)(F)F)ccc2O1. The van der Waals surface area contributed by atoms with Gasteiger partial charge in [-0.1, -0.05) is 26.2 Å². The molecule has 9 nitrogen and oxygen atoms in total. The Bertz CT molecular complexity index is 1130. The minimum atomic E-state index is -4.47. The number of halogens is 3. The van der Waals surface area contributed by atoms with E-state index in [-0.39, 0.29) is 60.1 Å². The Balaban J connectivity index is 1.88. The molecule has 0 spiro atoms. The maximum atomic E-state index is 14.2. The predicted octanol–water partition coefficient (Wildman–Crippen LogP) is 5.80. The molecule has 0 radical (unpaired) electrons. The van der Waals surface area contributed by atoms with Crippen LogP contribution in [0, 0.1) is 11.8 Å². The van der Waals surface area contributed by atoms with Crippen LogP contribution < -0.4 is 10.1 Å². The number of benzene rings is 1. The maximum absolute atomic E-state index is 14.2. The molecular weight excluding hydrogens is 591 g/mol. The van der Waals surface area contributed by atoms with Crippen LogP contribution in [0.25, 0.3) is 0 Å². The molecule has 0 unspecified atom stereocenters. The average molecular weight is 642 g/mol. The number of carbonyl (C=O) groups is 3. The van der Waals surface area contributed by atoms with Gasteiger partial charge < -0.3 is 29.7 Å². The van der Waals surface area contributed by atoms with Crippen molar-refractivity contribution in [3.8, 4) is 5.75 Å². The van der Waals surface area contributed by atoms with Crippen LogP contribution >= 0.6 is 0 Å². The normalized spacial score (nSPS) is 23.3. The van der Waals surface area contributed by atoms with E-state index in [2.05, 4.69) is 5.32 Å². The third-order valence-electron chi connectivity index (χ3n) is 8.76. The first-order valence-electron chi connectivity index (χ1n) is 16.2. The lowest BCUT2D eigenvalue weighted by Crippen LogP contribution is -2.48. The van der Waals surface area contributed by atoms with Crippen molar-refractivity contribution in [3.63, 3.8) is 0 Å². The number of likely N-dealkylation sites (N-methyl/N-ethyl adjacent to an activating group) is 1. The van der Waals surface area contributed by atoms with E-state index in [1.54, 1.807) is 18.9 Å². The Morgan fingerprint density at radius 3 is 2.47 bits per heavy atom. The molecule has 1 aliphatic heterocycles. The quantitative estimate of drug-likeness (QED) is 0.372. The second kappa shape index (κ2) is 17.2. The van der Waals surface area contributed by atoms with Crippen LogP contribution in [0.15, 0.2) is 18.2 Å². The number of anilines is 1. The molecule has 2 N–H and O–H groups in total. The second-order valence-electron chi connectivity index (χ2n) is 12.7. The van der Waals surface area contributed by atoms with Gasteiger partial charge in [-0.15, -0.1) is 0 Å². The molecule has 3 rings (SSSR count). The van der Waals surface area contributed by atoms with Gasteiger partial charge in [-0.05, 0) is 64.2 Å². The Kier molecular flexibility index (Phi) is 14.0. The van der Waals surface area contributed by atoms with E-state index in [0.717, 1.165) is 44.9 Å². The van der Waals surface area contributed by atoms with E-state index in [4.69, 9.17) is 9.47 Å². The van der Waals surface area contributed by atoms with E-state index < -0.39 is 36.9 Å². The van der Waals surface area contributed by atoms with Gasteiger partial charge >= 0.3 is 6.18 Å². The van der Waals surface area contributed by atoms with Gasteiger partial charge in [0.1, 0.15) is 5.75 Å². The van der Waals surface area contributed by atoms with Gasteiger partial charge in [0.15, 0.2) is 0 Å². The fraction of sp³-hybridized carbons (Fsp3) is 0.727. The first-order valence-corrected chi connectivity index (χ1v) is 16.2. The van der Waals surface area contributed by atoms with Crippen molar-refractivity contribution in [1.82, 2.24) is 9.80 Å². The zero-order chi connectivity index (χ0) is 33.1. The molecule has 0 saturated heterocycles. The summed E-state index contributed by atoms with van der Waals surface area (Å²) in [5.41, 5.74) is 0.294. The highest BCUT2D eigenvalue weighted by Gasteiger charge is 2.33. The van der Waals surface area contributed by atoms with Crippen LogP contribution in [0.5, 0.6) is 5.75 Å². The predicted molar refractivity (Wildman–Crippen MR) is 165 cm³/mol. The first-order chi connectivity index (χ1) is 21.3. The molecular formula is C33H50F3N3O6. The minimum Gasteiger partial charge on any atom is -0.490 e. The highest BCUT2D eigenvalue weighted by molar-refractivity contribution is 5.99. The number of carbonyl (C=O) groups excluding carboxylic acids is 3. The topological polar surface area (TPSA) is 108 Å². The van der Waals surface area contributed by atoms with Crippen molar-refractivity contribution in [2.24, 2.45) is 11.8 Å². The van der Waals surface area contributed by atoms with Crippen LogP contribution in [0.2, 0.25) is 0 Å². The molecule has 2 aliphatic rings. The smallest absolute Gasteiger partial charge is 0.389 e. The number of alkyl halides is 3. The van der Waals surface area contributed by atoms with Crippen LogP contribution in [0.4, 0.5) is 18.9 Å². The lowest BCUT2D eigenvalue weighted by atomic mass is 9.88. The number of amides is 3. The second-order valence-corrected chi connectivity index (χ2v) is 12.7. The van der Waals surface area contributed by atoms with Crippen molar-refractivity contribution in [3.05, 3.63) is 23.8 Å². The number of hydrogen-bond acceptors (Lipinski definition) is 6. The van der Waals surface area contributed by atoms with Gasteiger partial charge in [-0.25, -0.2) is 0 Å². The molecule has 12 heteroatoms. The van der Waals surface area contributed by atoms with Gasteiger partial charge in [0.25, 0.3) is 5.91 Å². The van der Waals surface area contributed by atoms with Gasteiger partial charge in [-0.2, -0.15) is 13.2 Å². The van der Waals surface area contributed by atoms with E-state index in [1.165, 1.54) is 23.1 Å². The van der Waals surface area contributed by atoms with Gasteiger partial charge in [-0.3, -0.25) is 14.4 Å². The largest absolute Gasteiger partial charge is 0.490 e. The summed E-state index contributed by atoms with van der Waals surface area (Å²) in [7, 11) is 1.80. The number of aliphatic hydroxyl groups is 1. The summed E-state index contributed by atoms with van der Waals surface area (Å²) in [5, 5.41) is 12.6. The number of hydrogen-bond donors (Lipinski definition) is 2. The highest BCUT2D eigenvalue weighted by Crippen LogP contribution is 2.30. The molecule has 1 aromatic carbocycles. The summed E-state index contributed by atoms with van der Waals surface area (Å²) in [4.78, 5) is 43.0. The fourth-order valence-corrected chi connectivity index (χ4v) is 5.96. The maximum Gasteiger partial charge on any atom is 0.389 e. The molecule has 0 bridgehead atoms. The fourth-order valence-electron chi connectivity index (χ4n) is 5.96. The van der Waals surface area contributed by atoms with Crippen molar-refractivity contribution in [2.45, 2.75) is 109 Å². The van der Waals surface area contributed by atoms with Crippen molar-refractivity contribution < 1.29 is 42.1 Å². The van der Waals surface area contributed by atoms with Crippen LogP contribution in [0.3, 0.4) is 0 Å². The molecule has 1 aliphatic carbocycles. The lowest BCUT2D eigenvalue weighted by Gasteiger charge is -2.36. The van der Waals surface area contributed by atoms with E-state index in [9.17, 15) is 32.7 Å². The number of rotatable bonds is 8. The minimum absolute atomic E-state index is 0.0196. The average Bonchev–Trinajstić information content (AvgIpc) is 3.01. The first kappa shape index (κ1) is 36.6. The van der Waals surface area contributed by atoms with Crippen LogP contribution in [0.1, 0.15) is 95.3 Å². The molecule has 3 amide bonds. The van der Waals surface area contributed by atoms with Crippen molar-refractivity contribution in [2.75, 3.05) is 38.7 Å². The van der Waals surface area contributed by atoms with Crippen molar-refractivity contribution in [1.29, 1.82) is 0 Å². The summed E-state index contributed by atoms with van der Waals surface area (Å²) in [5.74, 6) is -1.08. The van der Waals surface area contributed by atoms with Crippen molar-refractivity contribution >= 4 is 23.4 Å². The molecule has 254 valence electrons. The lowest BCUT2D eigenvalue weighted by molar-refractivity contribution is -0.142. The van der Waals surface area contributed by atoms with E-state index in [1.807, 2.05) is 13.8 Å². The highest BCUT2D eigenvalue weighted by atomic mass is 19.4. The van der Waals surface area contributed by atoms with Gasteiger partial charge in [0, 0.05) is 50.7 Å². The van der Waals surface area contributed by atoms with E-state index >= 15 is 0 Å². The summed E-state index contributed by atoms with van der Waals surface area (Å²) in [6, 6.07) is 3.86. The number of nitrogens with one attached hydrogen (secondary N) is 1. The Labute approximate surface area is 264 Å². The molecule has 1 heterocycles. The Morgan fingerprint density at radius 1 is 1.11 bits per heavy atom. The summed E-state index contributed by atoms with van der Waals surface area (Å²) < 4.78 is 50.5. The molecule has 1 saturated carbocycles. The molecule has 45 heavy (non-hydrogen) atoms. The van der Waals surface area contributed by atoms with Crippen LogP contribution in [-0.2, 0) is 14.3 Å². The zero-order valence-electron chi connectivity index (χ0n) is 27.0. The number of nitrogens with zero attached hydrogens (tertiary/aromatic N) is 2. The summed E-state index contributed by atoms with van der Waals surface area (Å²) in [6.07, 6.45) is 0.238. The molecule has 0 aromatic heterocycles. The molecule has 1 aromatic rings. The van der Waals surface area contributed by atoms with Crippen LogP contribution in [-0.4, -0.2) is 90.4 Å². The Hall–Kier alpha value is -2.86. The summed E-state index contributed by atoms with van der Waals surface area (Å²) in [6.45, 7) is 6.31.